The van der Waals surface area contributed by atoms with Gasteiger partial charge in [0, 0.05) is 18.6 Å². The number of morpholine rings is 1. The van der Waals surface area contributed by atoms with Crippen molar-refractivity contribution in [2.24, 2.45) is 0 Å². The van der Waals surface area contributed by atoms with Gasteiger partial charge in [0.25, 0.3) is 0 Å². The number of rotatable bonds is 5. The lowest BCUT2D eigenvalue weighted by atomic mass is 9.87. The Labute approximate surface area is 101 Å². The van der Waals surface area contributed by atoms with Crippen LogP contribution in [0.15, 0.2) is 0 Å². The van der Waals surface area contributed by atoms with Gasteiger partial charge in [-0.1, -0.05) is 26.7 Å². The van der Waals surface area contributed by atoms with Gasteiger partial charge in [-0.3, -0.25) is 4.90 Å². The molecule has 1 heterocycles. The minimum atomic E-state index is 0.385. The van der Waals surface area contributed by atoms with Crippen LogP contribution in [0.5, 0.6) is 0 Å². The zero-order valence-corrected chi connectivity index (χ0v) is 11.8. The highest BCUT2D eigenvalue weighted by molar-refractivity contribution is 4.89. The van der Waals surface area contributed by atoms with Crippen molar-refractivity contribution in [1.82, 2.24) is 4.90 Å². The Kier molecular flexibility index (Phi) is 5.26. The second-order valence-electron chi connectivity index (χ2n) is 5.66. The van der Waals surface area contributed by atoms with Crippen LogP contribution in [0.1, 0.15) is 60.3 Å². The first-order chi connectivity index (χ1) is 7.51. The molecule has 1 aliphatic heterocycles. The predicted octanol–water partition coefficient (Wildman–Crippen LogP) is 3.45. The van der Waals surface area contributed by atoms with Crippen molar-refractivity contribution in [3.8, 4) is 0 Å². The van der Waals surface area contributed by atoms with E-state index in [1.807, 2.05) is 0 Å². The third-order valence-corrected chi connectivity index (χ3v) is 3.76. The molecule has 2 atom stereocenters. The van der Waals surface area contributed by atoms with Gasteiger partial charge in [-0.2, -0.15) is 0 Å². The standard InChI is InChI=1S/C14H29NO/c1-6-8-14(5,9-7-2)15-10-12(3)16-13(4)11-15/h12-13H,6-11H2,1-5H3. The molecule has 2 nitrogen and oxygen atoms in total. The summed E-state index contributed by atoms with van der Waals surface area (Å²) >= 11 is 0. The monoisotopic (exact) mass is 227 g/mol. The molecular formula is C14H29NO. The van der Waals surface area contributed by atoms with E-state index in [1.165, 1.54) is 25.7 Å². The van der Waals surface area contributed by atoms with Gasteiger partial charge in [-0.05, 0) is 33.6 Å². The Hall–Kier alpha value is -0.0800. The quantitative estimate of drug-likeness (QED) is 0.713. The topological polar surface area (TPSA) is 12.5 Å². The highest BCUT2D eigenvalue weighted by Gasteiger charge is 2.35. The van der Waals surface area contributed by atoms with Crippen LogP contribution in [0, 0.1) is 0 Å². The zero-order valence-electron chi connectivity index (χ0n) is 11.8. The molecule has 1 aliphatic rings. The van der Waals surface area contributed by atoms with Crippen LogP contribution >= 0.6 is 0 Å². The summed E-state index contributed by atoms with van der Waals surface area (Å²) < 4.78 is 5.83. The Bertz CT molecular complexity index is 189. The number of nitrogens with zero attached hydrogens (tertiary/aromatic N) is 1. The van der Waals surface area contributed by atoms with E-state index in [0.29, 0.717) is 17.7 Å². The molecule has 0 bridgehead atoms. The van der Waals surface area contributed by atoms with E-state index in [9.17, 15) is 0 Å². The summed E-state index contributed by atoms with van der Waals surface area (Å²) in [4.78, 5) is 2.67. The maximum atomic E-state index is 5.83. The highest BCUT2D eigenvalue weighted by Crippen LogP contribution is 2.29. The molecular weight excluding hydrogens is 198 g/mol. The van der Waals surface area contributed by atoms with Crippen molar-refractivity contribution >= 4 is 0 Å². The lowest BCUT2D eigenvalue weighted by Gasteiger charge is -2.47. The van der Waals surface area contributed by atoms with E-state index in [0.717, 1.165) is 13.1 Å². The van der Waals surface area contributed by atoms with Crippen molar-refractivity contribution in [2.45, 2.75) is 78.0 Å². The molecule has 96 valence electrons. The van der Waals surface area contributed by atoms with Gasteiger partial charge < -0.3 is 4.74 Å². The molecule has 2 unspecified atom stereocenters. The van der Waals surface area contributed by atoms with E-state index >= 15 is 0 Å². The third-order valence-electron chi connectivity index (χ3n) is 3.76. The van der Waals surface area contributed by atoms with Gasteiger partial charge in [0.05, 0.1) is 12.2 Å². The van der Waals surface area contributed by atoms with Gasteiger partial charge >= 0.3 is 0 Å². The molecule has 16 heavy (non-hydrogen) atoms. The van der Waals surface area contributed by atoms with Crippen LogP contribution in [0.25, 0.3) is 0 Å². The lowest BCUT2D eigenvalue weighted by molar-refractivity contribution is -0.102. The molecule has 0 aromatic rings. The molecule has 2 heteroatoms. The highest BCUT2D eigenvalue weighted by atomic mass is 16.5. The maximum absolute atomic E-state index is 5.83. The molecule has 0 aromatic carbocycles. The molecule has 0 radical (unpaired) electrons. The van der Waals surface area contributed by atoms with Crippen LogP contribution in [0.4, 0.5) is 0 Å². The van der Waals surface area contributed by atoms with Crippen LogP contribution < -0.4 is 0 Å². The molecule has 0 amide bonds. The van der Waals surface area contributed by atoms with Crippen molar-refractivity contribution < 1.29 is 4.74 Å². The number of hydrogen-bond acceptors (Lipinski definition) is 2. The number of ether oxygens (including phenoxy) is 1. The Balaban J connectivity index is 2.68. The van der Waals surface area contributed by atoms with E-state index in [1.54, 1.807) is 0 Å². The SMILES string of the molecule is CCCC(C)(CCC)N1CC(C)OC(C)C1. The maximum Gasteiger partial charge on any atom is 0.0678 e. The summed E-state index contributed by atoms with van der Waals surface area (Å²) in [5, 5.41) is 0. The van der Waals surface area contributed by atoms with Crippen LogP contribution in [0.2, 0.25) is 0 Å². The smallest absolute Gasteiger partial charge is 0.0678 e. The molecule has 0 aromatic heterocycles. The van der Waals surface area contributed by atoms with Gasteiger partial charge in [-0.15, -0.1) is 0 Å². The minimum Gasteiger partial charge on any atom is -0.373 e. The average Bonchev–Trinajstić information content (AvgIpc) is 2.16. The first kappa shape index (κ1) is 14.0. The van der Waals surface area contributed by atoms with E-state index in [2.05, 4.69) is 39.5 Å². The summed E-state index contributed by atoms with van der Waals surface area (Å²) in [6.07, 6.45) is 5.93. The zero-order chi connectivity index (χ0) is 12.2. The van der Waals surface area contributed by atoms with Gasteiger partial charge in [0.2, 0.25) is 0 Å². The van der Waals surface area contributed by atoms with Gasteiger partial charge in [0.1, 0.15) is 0 Å². The first-order valence-corrected chi connectivity index (χ1v) is 6.92. The van der Waals surface area contributed by atoms with Gasteiger partial charge in [-0.25, -0.2) is 0 Å². The largest absolute Gasteiger partial charge is 0.373 e. The normalized spacial score (nSPS) is 28.3. The molecule has 0 saturated carbocycles. The predicted molar refractivity (Wildman–Crippen MR) is 69.8 cm³/mol. The van der Waals surface area contributed by atoms with Crippen molar-refractivity contribution in [3.05, 3.63) is 0 Å². The van der Waals surface area contributed by atoms with Crippen molar-refractivity contribution in [2.75, 3.05) is 13.1 Å². The van der Waals surface area contributed by atoms with E-state index in [4.69, 9.17) is 4.74 Å². The Morgan fingerprint density at radius 1 is 1.06 bits per heavy atom. The number of hydrogen-bond donors (Lipinski definition) is 0. The van der Waals surface area contributed by atoms with Crippen LogP contribution in [0.3, 0.4) is 0 Å². The van der Waals surface area contributed by atoms with E-state index in [-0.39, 0.29) is 0 Å². The fourth-order valence-electron chi connectivity index (χ4n) is 3.14. The molecule has 1 saturated heterocycles. The Morgan fingerprint density at radius 3 is 1.88 bits per heavy atom. The molecule has 0 N–H and O–H groups in total. The summed E-state index contributed by atoms with van der Waals surface area (Å²) in [5.74, 6) is 0. The first-order valence-electron chi connectivity index (χ1n) is 6.92. The molecule has 0 spiro atoms. The summed E-state index contributed by atoms with van der Waals surface area (Å²) in [6.45, 7) is 13.6. The molecule has 1 rings (SSSR count). The van der Waals surface area contributed by atoms with E-state index < -0.39 is 0 Å². The van der Waals surface area contributed by atoms with Crippen molar-refractivity contribution in [3.63, 3.8) is 0 Å². The summed E-state index contributed by atoms with van der Waals surface area (Å²) in [6, 6.07) is 0. The molecule has 0 aliphatic carbocycles. The van der Waals surface area contributed by atoms with Gasteiger partial charge in [0.15, 0.2) is 0 Å². The second-order valence-corrected chi connectivity index (χ2v) is 5.66. The third kappa shape index (κ3) is 3.46. The minimum absolute atomic E-state index is 0.385. The second kappa shape index (κ2) is 6.02. The van der Waals surface area contributed by atoms with Crippen LogP contribution in [-0.2, 0) is 4.74 Å². The fraction of sp³-hybridized carbons (Fsp3) is 1.00. The molecule has 1 fully saturated rings. The lowest BCUT2D eigenvalue weighted by Crippen LogP contribution is -2.56. The summed E-state index contributed by atoms with van der Waals surface area (Å²) in [7, 11) is 0. The van der Waals surface area contributed by atoms with Crippen molar-refractivity contribution in [1.29, 1.82) is 0 Å². The fourth-order valence-corrected chi connectivity index (χ4v) is 3.14. The van der Waals surface area contributed by atoms with Crippen LogP contribution in [-0.4, -0.2) is 35.7 Å². The Morgan fingerprint density at radius 2 is 1.50 bits per heavy atom. The average molecular weight is 227 g/mol. The summed E-state index contributed by atoms with van der Waals surface area (Å²) in [5.41, 5.74) is 0.385.